The molecule has 0 atom stereocenters. The maximum atomic E-state index is 12.9. The average molecular weight is 420 g/mol. The summed E-state index contributed by atoms with van der Waals surface area (Å²) in [5, 5.41) is 0. The molecule has 0 aliphatic carbocycles. The first kappa shape index (κ1) is 20.0. The fourth-order valence-corrected chi connectivity index (χ4v) is 6.93. The van der Waals surface area contributed by atoms with Crippen LogP contribution in [0.2, 0.25) is 0 Å². The number of piperidine rings is 1. The largest absolute Gasteiger partial charge is 0.335 e. The number of rotatable bonds is 2. The number of carbonyl (C=O) groups excluding carboxylic acids is 2. The second-order valence-electron chi connectivity index (χ2n) is 7.66. The fraction of sp³-hybridized carbons (Fsp3) is 0.619. The Morgan fingerprint density at radius 1 is 0.714 bits per heavy atom. The van der Waals surface area contributed by atoms with Gasteiger partial charge in [0.25, 0.3) is 5.91 Å². The molecule has 3 amide bonds. The number of urea groups is 1. The molecule has 1 aromatic carbocycles. The highest BCUT2D eigenvalue weighted by atomic mass is 32.2. The Kier molecular flexibility index (Phi) is 6.73. The van der Waals surface area contributed by atoms with E-state index in [-0.39, 0.29) is 11.9 Å². The first-order valence-corrected chi connectivity index (χ1v) is 12.5. The van der Waals surface area contributed by atoms with Gasteiger partial charge in [-0.3, -0.25) is 4.79 Å². The number of amides is 3. The number of carbonyl (C=O) groups is 2. The number of hydrogen-bond donors (Lipinski definition) is 0. The number of nitrogens with zero attached hydrogens (tertiary/aromatic N) is 3. The zero-order valence-electron chi connectivity index (χ0n) is 16.3. The number of hydrogen-bond acceptors (Lipinski definition) is 4. The van der Waals surface area contributed by atoms with Crippen LogP contribution in [-0.4, -0.2) is 77.4 Å². The highest BCUT2D eigenvalue weighted by Gasteiger charge is 2.28. The first-order chi connectivity index (χ1) is 13.7. The molecule has 0 unspecified atom stereocenters. The second-order valence-corrected chi connectivity index (χ2v) is 10.4. The quantitative estimate of drug-likeness (QED) is 0.729. The molecule has 3 aliphatic heterocycles. The summed E-state index contributed by atoms with van der Waals surface area (Å²) in [6, 6.07) is 8.31. The van der Waals surface area contributed by atoms with Crippen molar-refractivity contribution in [3.05, 3.63) is 35.4 Å². The second kappa shape index (κ2) is 9.44. The molecular formula is C21H29N3O2S2. The Morgan fingerprint density at radius 2 is 1.29 bits per heavy atom. The van der Waals surface area contributed by atoms with Gasteiger partial charge in [-0.05, 0) is 54.9 Å². The third-order valence-corrected chi connectivity index (χ3v) is 8.74. The molecule has 1 aromatic rings. The maximum Gasteiger partial charge on any atom is 0.320 e. The number of thioether (sulfide) groups is 2. The van der Waals surface area contributed by atoms with Crippen LogP contribution in [0.25, 0.3) is 0 Å². The van der Waals surface area contributed by atoms with Crippen molar-refractivity contribution in [2.45, 2.75) is 30.3 Å². The minimum absolute atomic E-state index is 0.0839. The zero-order chi connectivity index (χ0) is 19.3. The van der Waals surface area contributed by atoms with Crippen LogP contribution in [0.5, 0.6) is 0 Å². The van der Waals surface area contributed by atoms with Gasteiger partial charge in [0.2, 0.25) is 0 Å². The number of benzene rings is 1. The fourth-order valence-electron chi connectivity index (χ4n) is 4.03. The Balaban J connectivity index is 1.30. The molecule has 28 heavy (non-hydrogen) atoms. The lowest BCUT2D eigenvalue weighted by Gasteiger charge is -2.38. The van der Waals surface area contributed by atoms with Gasteiger partial charge in [-0.2, -0.15) is 0 Å². The van der Waals surface area contributed by atoms with Crippen molar-refractivity contribution < 1.29 is 9.59 Å². The molecule has 3 heterocycles. The maximum absolute atomic E-state index is 12.9. The topological polar surface area (TPSA) is 43.9 Å². The van der Waals surface area contributed by atoms with E-state index in [2.05, 4.69) is 12.1 Å². The molecule has 3 fully saturated rings. The van der Waals surface area contributed by atoms with Crippen LogP contribution in [0.1, 0.15) is 46.2 Å². The minimum atomic E-state index is 0.0839. The standard InChI is InChI=1S/C21H29N3O2S2/c25-19(17-5-7-18(8-6-17)20-27-15-4-16-28-20)22-11-13-24(14-12-22)21(26)23-9-2-1-3-10-23/h5-8,20H,1-4,9-16H2. The lowest BCUT2D eigenvalue weighted by Crippen LogP contribution is -2.54. The SMILES string of the molecule is O=C(c1ccc(C2SCCCS2)cc1)N1CCN(C(=O)N2CCCCC2)CC1. The summed E-state index contributed by atoms with van der Waals surface area (Å²) < 4.78 is 0.502. The third-order valence-electron chi connectivity index (χ3n) is 5.72. The Labute approximate surface area is 176 Å². The summed E-state index contributed by atoms with van der Waals surface area (Å²) >= 11 is 4.00. The predicted octanol–water partition coefficient (Wildman–Crippen LogP) is 3.92. The van der Waals surface area contributed by atoms with E-state index in [1.807, 2.05) is 50.4 Å². The molecule has 0 radical (unpaired) electrons. The predicted molar refractivity (Wildman–Crippen MR) is 117 cm³/mol. The first-order valence-electron chi connectivity index (χ1n) is 10.4. The van der Waals surface area contributed by atoms with Crippen molar-refractivity contribution in [3.8, 4) is 0 Å². The van der Waals surface area contributed by atoms with E-state index in [0.717, 1.165) is 31.5 Å². The molecular weight excluding hydrogens is 390 g/mol. The lowest BCUT2D eigenvalue weighted by atomic mass is 10.1. The molecule has 0 spiro atoms. The van der Waals surface area contributed by atoms with Crippen molar-refractivity contribution in [1.29, 1.82) is 0 Å². The van der Waals surface area contributed by atoms with Crippen molar-refractivity contribution in [1.82, 2.24) is 14.7 Å². The summed E-state index contributed by atoms with van der Waals surface area (Å²) in [6.45, 7) is 4.26. The van der Waals surface area contributed by atoms with Gasteiger partial charge in [-0.1, -0.05) is 12.1 Å². The smallest absolute Gasteiger partial charge is 0.320 e. The van der Waals surface area contributed by atoms with E-state index in [1.165, 1.54) is 29.9 Å². The number of piperazine rings is 1. The van der Waals surface area contributed by atoms with E-state index in [1.54, 1.807) is 0 Å². The van der Waals surface area contributed by atoms with Gasteiger partial charge in [0.1, 0.15) is 0 Å². The summed E-state index contributed by atoms with van der Waals surface area (Å²) in [7, 11) is 0. The van der Waals surface area contributed by atoms with Gasteiger partial charge >= 0.3 is 6.03 Å². The van der Waals surface area contributed by atoms with E-state index in [4.69, 9.17) is 0 Å². The van der Waals surface area contributed by atoms with E-state index < -0.39 is 0 Å². The van der Waals surface area contributed by atoms with Crippen molar-refractivity contribution in [2.75, 3.05) is 50.8 Å². The van der Waals surface area contributed by atoms with Gasteiger partial charge in [0, 0.05) is 44.8 Å². The zero-order valence-corrected chi connectivity index (χ0v) is 18.0. The van der Waals surface area contributed by atoms with E-state index >= 15 is 0 Å². The molecule has 5 nitrogen and oxygen atoms in total. The summed E-state index contributed by atoms with van der Waals surface area (Å²) in [4.78, 5) is 31.3. The van der Waals surface area contributed by atoms with Gasteiger partial charge < -0.3 is 14.7 Å². The number of likely N-dealkylation sites (tertiary alicyclic amines) is 1. The molecule has 0 saturated carbocycles. The van der Waals surface area contributed by atoms with Gasteiger partial charge in [0.15, 0.2) is 0 Å². The molecule has 4 rings (SSSR count). The van der Waals surface area contributed by atoms with Gasteiger partial charge in [0.05, 0.1) is 4.58 Å². The van der Waals surface area contributed by atoms with Crippen LogP contribution in [0.3, 0.4) is 0 Å². The average Bonchev–Trinajstić information content (AvgIpc) is 2.79. The normalized spacial score (nSPS) is 21.6. The van der Waals surface area contributed by atoms with Crippen molar-refractivity contribution >= 4 is 35.5 Å². The van der Waals surface area contributed by atoms with Crippen molar-refractivity contribution in [3.63, 3.8) is 0 Å². The van der Waals surface area contributed by atoms with E-state index in [0.29, 0.717) is 30.8 Å². The van der Waals surface area contributed by atoms with Crippen LogP contribution < -0.4 is 0 Å². The molecule has 7 heteroatoms. The highest BCUT2D eigenvalue weighted by molar-refractivity contribution is 8.16. The highest BCUT2D eigenvalue weighted by Crippen LogP contribution is 2.43. The Hall–Kier alpha value is -1.34. The van der Waals surface area contributed by atoms with E-state index in [9.17, 15) is 9.59 Å². The Morgan fingerprint density at radius 3 is 1.93 bits per heavy atom. The van der Waals surface area contributed by atoms with Gasteiger partial charge in [-0.15, -0.1) is 23.5 Å². The van der Waals surface area contributed by atoms with Crippen LogP contribution in [0.15, 0.2) is 24.3 Å². The summed E-state index contributed by atoms with van der Waals surface area (Å²) in [5.74, 6) is 2.53. The van der Waals surface area contributed by atoms with Gasteiger partial charge in [-0.25, -0.2) is 4.79 Å². The molecule has 152 valence electrons. The summed E-state index contributed by atoms with van der Waals surface area (Å²) in [5.41, 5.74) is 2.06. The third kappa shape index (κ3) is 4.62. The minimum Gasteiger partial charge on any atom is -0.335 e. The molecule has 0 aromatic heterocycles. The van der Waals surface area contributed by atoms with Crippen LogP contribution in [0, 0.1) is 0 Å². The van der Waals surface area contributed by atoms with Crippen LogP contribution in [0.4, 0.5) is 4.79 Å². The molecule has 3 saturated heterocycles. The molecule has 0 bridgehead atoms. The lowest BCUT2D eigenvalue weighted by molar-refractivity contribution is 0.0633. The molecule has 3 aliphatic rings. The Bertz CT molecular complexity index is 677. The summed E-state index contributed by atoms with van der Waals surface area (Å²) in [6.07, 6.45) is 4.73. The van der Waals surface area contributed by atoms with Crippen LogP contribution >= 0.6 is 23.5 Å². The molecule has 0 N–H and O–H groups in total. The monoisotopic (exact) mass is 419 g/mol. The van der Waals surface area contributed by atoms with Crippen molar-refractivity contribution in [2.24, 2.45) is 0 Å². The van der Waals surface area contributed by atoms with Crippen LogP contribution in [-0.2, 0) is 0 Å².